The lowest BCUT2D eigenvalue weighted by Crippen LogP contribution is -2.24. The van der Waals surface area contributed by atoms with Crippen LogP contribution in [0.2, 0.25) is 0 Å². The normalized spacial score (nSPS) is 11.5. The molecule has 7 heteroatoms. The van der Waals surface area contributed by atoms with Crippen LogP contribution in [0.3, 0.4) is 0 Å². The van der Waals surface area contributed by atoms with Gasteiger partial charge in [-0.25, -0.2) is 9.78 Å². The third kappa shape index (κ3) is 2.97. The number of carbonyl (C=O) groups is 1. The second kappa shape index (κ2) is 4.33. The SMILES string of the molecule is CCCC(=O)On1ccnc1C(F)(F)F. The average Bonchev–Trinajstić information content (AvgIpc) is 2.51. The Balaban J connectivity index is 2.78. The van der Waals surface area contributed by atoms with Crippen molar-refractivity contribution in [3.05, 3.63) is 18.2 Å². The van der Waals surface area contributed by atoms with Crippen LogP contribution >= 0.6 is 0 Å². The highest BCUT2D eigenvalue weighted by Gasteiger charge is 2.37. The summed E-state index contributed by atoms with van der Waals surface area (Å²) in [5.74, 6) is -1.96. The van der Waals surface area contributed by atoms with Crippen LogP contribution in [0.5, 0.6) is 0 Å². The molecule has 0 atom stereocenters. The summed E-state index contributed by atoms with van der Waals surface area (Å²) in [5, 5.41) is 0. The van der Waals surface area contributed by atoms with Gasteiger partial charge in [0.25, 0.3) is 5.82 Å². The van der Waals surface area contributed by atoms with Crippen LogP contribution < -0.4 is 4.84 Å². The van der Waals surface area contributed by atoms with E-state index in [0.29, 0.717) is 11.2 Å². The van der Waals surface area contributed by atoms with E-state index in [1.165, 1.54) is 0 Å². The molecule has 0 amide bonds. The number of hydrogen-bond acceptors (Lipinski definition) is 3. The van der Waals surface area contributed by atoms with E-state index in [2.05, 4.69) is 9.82 Å². The first kappa shape index (κ1) is 11.5. The Morgan fingerprint density at radius 1 is 1.60 bits per heavy atom. The third-order valence-corrected chi connectivity index (χ3v) is 1.52. The van der Waals surface area contributed by atoms with Crippen LogP contribution in [0.15, 0.2) is 12.4 Å². The summed E-state index contributed by atoms with van der Waals surface area (Å²) in [6, 6.07) is 0. The van der Waals surface area contributed by atoms with Crippen molar-refractivity contribution < 1.29 is 22.8 Å². The zero-order valence-electron chi connectivity index (χ0n) is 7.91. The lowest BCUT2D eigenvalue weighted by molar-refractivity contribution is -0.163. The number of carbonyl (C=O) groups excluding carboxylic acids is 1. The molecule has 0 radical (unpaired) electrons. The van der Waals surface area contributed by atoms with Gasteiger partial charge in [0.1, 0.15) is 0 Å². The van der Waals surface area contributed by atoms with Crippen molar-refractivity contribution in [3.63, 3.8) is 0 Å². The highest BCUT2D eigenvalue weighted by Crippen LogP contribution is 2.26. The van der Waals surface area contributed by atoms with E-state index in [4.69, 9.17) is 0 Å². The van der Waals surface area contributed by atoms with Gasteiger partial charge in [-0.05, 0) is 6.42 Å². The quantitative estimate of drug-likeness (QED) is 0.781. The second-order valence-electron chi connectivity index (χ2n) is 2.79. The summed E-state index contributed by atoms with van der Waals surface area (Å²) in [5.41, 5.74) is 0. The van der Waals surface area contributed by atoms with Crippen LogP contribution in [0.1, 0.15) is 25.6 Å². The average molecular weight is 222 g/mol. The Kier molecular flexibility index (Phi) is 3.33. The molecule has 0 saturated heterocycles. The van der Waals surface area contributed by atoms with E-state index < -0.39 is 18.0 Å². The molecule has 0 spiro atoms. The van der Waals surface area contributed by atoms with Crippen LogP contribution in [0.25, 0.3) is 0 Å². The van der Waals surface area contributed by atoms with E-state index in [0.717, 1.165) is 12.4 Å². The molecule has 1 heterocycles. The van der Waals surface area contributed by atoms with E-state index in [1.807, 2.05) is 0 Å². The molecule has 84 valence electrons. The van der Waals surface area contributed by atoms with Gasteiger partial charge < -0.3 is 4.84 Å². The number of halogens is 3. The molecule has 15 heavy (non-hydrogen) atoms. The van der Waals surface area contributed by atoms with Gasteiger partial charge in [0.05, 0.1) is 6.20 Å². The first-order valence-electron chi connectivity index (χ1n) is 4.27. The smallest absolute Gasteiger partial charge is 0.335 e. The lowest BCUT2D eigenvalue weighted by atomic mass is 10.3. The summed E-state index contributed by atoms with van der Waals surface area (Å²) in [7, 11) is 0. The largest absolute Gasteiger partial charge is 0.453 e. The van der Waals surface area contributed by atoms with Gasteiger partial charge in [-0.15, -0.1) is 0 Å². The fourth-order valence-corrected chi connectivity index (χ4v) is 0.923. The zero-order valence-corrected chi connectivity index (χ0v) is 7.91. The minimum absolute atomic E-state index is 0.0650. The molecule has 0 aliphatic heterocycles. The third-order valence-electron chi connectivity index (χ3n) is 1.52. The summed E-state index contributed by atoms with van der Waals surface area (Å²) in [6.07, 6.45) is -2.20. The standard InChI is InChI=1S/C8H9F3N2O2/c1-2-3-6(14)15-13-5-4-12-7(13)8(9,10)11/h4-5H,2-3H2,1H3. The summed E-state index contributed by atoms with van der Waals surface area (Å²) in [6.45, 7) is 1.72. The molecule has 0 unspecified atom stereocenters. The highest BCUT2D eigenvalue weighted by molar-refractivity contribution is 5.69. The number of rotatable bonds is 3. The number of alkyl halides is 3. The van der Waals surface area contributed by atoms with Crippen molar-refractivity contribution in [3.8, 4) is 0 Å². The molecular formula is C8H9F3N2O2. The van der Waals surface area contributed by atoms with E-state index in [1.54, 1.807) is 6.92 Å². The van der Waals surface area contributed by atoms with Crippen LogP contribution in [-0.2, 0) is 11.0 Å². The Morgan fingerprint density at radius 2 is 2.27 bits per heavy atom. The van der Waals surface area contributed by atoms with Gasteiger partial charge in [0.15, 0.2) is 0 Å². The molecule has 0 N–H and O–H groups in total. The van der Waals surface area contributed by atoms with Crippen molar-refractivity contribution in [2.75, 3.05) is 0 Å². The first-order chi connectivity index (χ1) is 6.95. The van der Waals surface area contributed by atoms with E-state index >= 15 is 0 Å². The van der Waals surface area contributed by atoms with Crippen LogP contribution in [0.4, 0.5) is 13.2 Å². The molecule has 1 rings (SSSR count). The monoisotopic (exact) mass is 222 g/mol. The maximum Gasteiger partial charge on any atom is 0.453 e. The molecule has 4 nitrogen and oxygen atoms in total. The Morgan fingerprint density at radius 3 is 2.80 bits per heavy atom. The van der Waals surface area contributed by atoms with Crippen molar-refractivity contribution in [1.29, 1.82) is 0 Å². The van der Waals surface area contributed by atoms with E-state index in [9.17, 15) is 18.0 Å². The Hall–Kier alpha value is -1.53. The molecule has 0 aromatic carbocycles. The van der Waals surface area contributed by atoms with Crippen molar-refractivity contribution in [2.45, 2.75) is 25.9 Å². The molecule has 0 aliphatic carbocycles. The molecular weight excluding hydrogens is 213 g/mol. The van der Waals surface area contributed by atoms with Crippen molar-refractivity contribution >= 4 is 5.97 Å². The predicted molar refractivity (Wildman–Crippen MR) is 43.7 cm³/mol. The van der Waals surface area contributed by atoms with Crippen molar-refractivity contribution in [1.82, 2.24) is 9.71 Å². The number of nitrogens with zero attached hydrogens (tertiary/aromatic N) is 2. The summed E-state index contributed by atoms with van der Waals surface area (Å²) >= 11 is 0. The minimum atomic E-state index is -4.63. The Labute approximate surface area is 83.6 Å². The molecule has 1 aromatic rings. The predicted octanol–water partition coefficient (Wildman–Crippen LogP) is 1.66. The van der Waals surface area contributed by atoms with Gasteiger partial charge >= 0.3 is 12.1 Å². The van der Waals surface area contributed by atoms with Crippen LogP contribution in [-0.4, -0.2) is 15.7 Å². The zero-order chi connectivity index (χ0) is 11.5. The highest BCUT2D eigenvalue weighted by atomic mass is 19.4. The fraction of sp³-hybridized carbons (Fsp3) is 0.500. The topological polar surface area (TPSA) is 44.1 Å². The summed E-state index contributed by atoms with van der Waals surface area (Å²) < 4.78 is 37.1. The van der Waals surface area contributed by atoms with Gasteiger partial charge in [-0.2, -0.15) is 17.9 Å². The van der Waals surface area contributed by atoms with Gasteiger partial charge in [0, 0.05) is 12.6 Å². The molecule has 0 saturated carbocycles. The minimum Gasteiger partial charge on any atom is -0.335 e. The van der Waals surface area contributed by atoms with Crippen LogP contribution in [0, 0.1) is 0 Å². The van der Waals surface area contributed by atoms with Crippen molar-refractivity contribution in [2.24, 2.45) is 0 Å². The van der Waals surface area contributed by atoms with Gasteiger partial charge in [0.2, 0.25) is 0 Å². The molecule has 0 aliphatic rings. The Bertz CT molecular complexity index is 346. The fourth-order valence-electron chi connectivity index (χ4n) is 0.923. The van der Waals surface area contributed by atoms with E-state index in [-0.39, 0.29) is 6.42 Å². The maximum absolute atomic E-state index is 12.2. The maximum atomic E-state index is 12.2. The number of hydrogen-bond donors (Lipinski definition) is 0. The second-order valence-corrected chi connectivity index (χ2v) is 2.79. The number of imidazole rings is 1. The molecule has 0 bridgehead atoms. The lowest BCUT2D eigenvalue weighted by Gasteiger charge is -2.09. The first-order valence-corrected chi connectivity index (χ1v) is 4.27. The van der Waals surface area contributed by atoms with Gasteiger partial charge in [-0.3, -0.25) is 0 Å². The number of aromatic nitrogens is 2. The summed E-state index contributed by atoms with van der Waals surface area (Å²) in [4.78, 5) is 18.5. The molecule has 1 aromatic heterocycles. The van der Waals surface area contributed by atoms with Gasteiger partial charge in [-0.1, -0.05) is 6.92 Å². The molecule has 0 fully saturated rings.